The van der Waals surface area contributed by atoms with Crippen LogP contribution in [-0.4, -0.2) is 7.05 Å². The molecule has 0 aliphatic carbocycles. The van der Waals surface area contributed by atoms with Crippen molar-refractivity contribution in [2.75, 3.05) is 17.7 Å². The predicted octanol–water partition coefficient (Wildman–Crippen LogP) is 2.78. The zero-order chi connectivity index (χ0) is 13.0. The molecule has 0 bridgehead atoms. The molecule has 0 heterocycles. The van der Waals surface area contributed by atoms with Gasteiger partial charge in [-0.05, 0) is 35.9 Å². The maximum Gasteiger partial charge on any atom is 0.0995 e. The van der Waals surface area contributed by atoms with Crippen LogP contribution in [0.15, 0.2) is 48.5 Å². The molecule has 0 aliphatic heterocycles. The van der Waals surface area contributed by atoms with Crippen LogP contribution in [0.4, 0.5) is 11.4 Å². The molecule has 0 aliphatic rings. The van der Waals surface area contributed by atoms with Crippen molar-refractivity contribution in [3.63, 3.8) is 0 Å². The van der Waals surface area contributed by atoms with Gasteiger partial charge in [-0.15, -0.1) is 0 Å². The Morgan fingerprint density at radius 1 is 1.11 bits per heavy atom. The molecule has 0 fully saturated rings. The second-order valence-electron chi connectivity index (χ2n) is 4.22. The van der Waals surface area contributed by atoms with Crippen LogP contribution in [0.1, 0.15) is 11.1 Å². The molecular formula is C15H15N3. The van der Waals surface area contributed by atoms with Crippen LogP contribution >= 0.6 is 0 Å². The van der Waals surface area contributed by atoms with Gasteiger partial charge in [0.1, 0.15) is 0 Å². The van der Waals surface area contributed by atoms with E-state index in [4.69, 9.17) is 11.0 Å². The molecule has 2 N–H and O–H groups in total. The lowest BCUT2D eigenvalue weighted by molar-refractivity contribution is 0.920. The monoisotopic (exact) mass is 237 g/mol. The summed E-state index contributed by atoms with van der Waals surface area (Å²) in [7, 11) is 2.00. The van der Waals surface area contributed by atoms with E-state index in [-0.39, 0.29) is 0 Å². The molecule has 0 atom stereocenters. The van der Waals surface area contributed by atoms with Gasteiger partial charge in [0.05, 0.1) is 11.6 Å². The number of rotatable bonds is 3. The van der Waals surface area contributed by atoms with Crippen molar-refractivity contribution >= 4 is 11.4 Å². The first-order valence-corrected chi connectivity index (χ1v) is 5.75. The average Bonchev–Trinajstić information content (AvgIpc) is 2.40. The lowest BCUT2D eigenvalue weighted by Crippen LogP contribution is -2.17. The SMILES string of the molecule is CN(Cc1ccccc1C#N)c1ccc(N)cc1. The lowest BCUT2D eigenvalue weighted by Gasteiger charge is -2.20. The number of hydrogen-bond acceptors (Lipinski definition) is 3. The lowest BCUT2D eigenvalue weighted by atomic mass is 10.1. The van der Waals surface area contributed by atoms with E-state index in [9.17, 15) is 0 Å². The molecule has 90 valence electrons. The Morgan fingerprint density at radius 3 is 2.44 bits per heavy atom. The number of nitrogens with two attached hydrogens (primary N) is 1. The first-order valence-electron chi connectivity index (χ1n) is 5.75. The summed E-state index contributed by atoms with van der Waals surface area (Å²) >= 11 is 0. The van der Waals surface area contributed by atoms with Crippen molar-refractivity contribution in [1.29, 1.82) is 5.26 Å². The van der Waals surface area contributed by atoms with Crippen LogP contribution in [0, 0.1) is 11.3 Å². The minimum absolute atomic E-state index is 0.702. The second kappa shape index (κ2) is 5.24. The van der Waals surface area contributed by atoms with Crippen LogP contribution in [0.5, 0.6) is 0 Å². The van der Waals surface area contributed by atoms with Crippen molar-refractivity contribution in [3.8, 4) is 6.07 Å². The fourth-order valence-electron chi connectivity index (χ4n) is 1.84. The summed E-state index contributed by atoms with van der Waals surface area (Å²) in [4.78, 5) is 2.09. The Balaban J connectivity index is 2.19. The Hall–Kier alpha value is -2.47. The molecule has 3 nitrogen and oxygen atoms in total. The largest absolute Gasteiger partial charge is 0.399 e. The van der Waals surface area contributed by atoms with Crippen LogP contribution in [-0.2, 0) is 6.54 Å². The van der Waals surface area contributed by atoms with Crippen LogP contribution < -0.4 is 10.6 Å². The quantitative estimate of drug-likeness (QED) is 0.835. The summed E-state index contributed by atoms with van der Waals surface area (Å²) in [6.07, 6.45) is 0. The highest BCUT2D eigenvalue weighted by Crippen LogP contribution is 2.18. The summed E-state index contributed by atoms with van der Waals surface area (Å²) in [5, 5.41) is 9.05. The third-order valence-corrected chi connectivity index (χ3v) is 2.88. The average molecular weight is 237 g/mol. The molecule has 0 spiro atoms. The normalized spacial score (nSPS) is 9.78. The molecule has 3 heteroatoms. The molecule has 0 saturated heterocycles. The molecule has 0 unspecified atom stereocenters. The first kappa shape index (κ1) is 12.0. The summed E-state index contributed by atoms with van der Waals surface area (Å²) in [5.74, 6) is 0. The summed E-state index contributed by atoms with van der Waals surface area (Å²) in [6.45, 7) is 0.702. The van der Waals surface area contributed by atoms with Gasteiger partial charge < -0.3 is 10.6 Å². The van der Waals surface area contributed by atoms with Crippen molar-refractivity contribution in [2.24, 2.45) is 0 Å². The van der Waals surface area contributed by atoms with Gasteiger partial charge in [0.25, 0.3) is 0 Å². The highest BCUT2D eigenvalue weighted by Gasteiger charge is 2.05. The molecule has 18 heavy (non-hydrogen) atoms. The van der Waals surface area contributed by atoms with E-state index < -0.39 is 0 Å². The van der Waals surface area contributed by atoms with E-state index in [2.05, 4.69) is 11.0 Å². The van der Waals surface area contributed by atoms with Crippen molar-refractivity contribution in [1.82, 2.24) is 0 Å². The number of anilines is 2. The molecular weight excluding hydrogens is 222 g/mol. The Labute approximate surface area is 107 Å². The molecule has 2 aromatic carbocycles. The molecule has 0 amide bonds. The van der Waals surface area contributed by atoms with E-state index in [1.165, 1.54) is 0 Å². The third-order valence-electron chi connectivity index (χ3n) is 2.88. The van der Waals surface area contributed by atoms with E-state index >= 15 is 0 Å². The zero-order valence-corrected chi connectivity index (χ0v) is 10.3. The van der Waals surface area contributed by atoms with Gasteiger partial charge >= 0.3 is 0 Å². The van der Waals surface area contributed by atoms with Crippen molar-refractivity contribution in [2.45, 2.75) is 6.54 Å². The van der Waals surface area contributed by atoms with Crippen molar-refractivity contribution < 1.29 is 0 Å². The fourth-order valence-corrected chi connectivity index (χ4v) is 1.84. The van der Waals surface area contributed by atoms with Gasteiger partial charge in [0.2, 0.25) is 0 Å². The van der Waals surface area contributed by atoms with E-state index in [0.717, 1.165) is 22.5 Å². The third kappa shape index (κ3) is 2.61. The minimum atomic E-state index is 0.702. The smallest absolute Gasteiger partial charge is 0.0995 e. The first-order chi connectivity index (χ1) is 8.70. The van der Waals surface area contributed by atoms with Gasteiger partial charge in [-0.1, -0.05) is 18.2 Å². The van der Waals surface area contributed by atoms with Crippen LogP contribution in [0.3, 0.4) is 0 Å². The van der Waals surface area contributed by atoms with Gasteiger partial charge in [0, 0.05) is 25.0 Å². The summed E-state index contributed by atoms with van der Waals surface area (Å²) in [6, 6.07) is 17.6. The maximum absolute atomic E-state index is 9.05. The number of nitrogens with zero attached hydrogens (tertiary/aromatic N) is 2. The van der Waals surface area contributed by atoms with E-state index in [1.807, 2.05) is 55.6 Å². The van der Waals surface area contributed by atoms with Crippen molar-refractivity contribution in [3.05, 3.63) is 59.7 Å². The zero-order valence-electron chi connectivity index (χ0n) is 10.3. The number of hydrogen-bond donors (Lipinski definition) is 1. The highest BCUT2D eigenvalue weighted by molar-refractivity contribution is 5.53. The number of nitriles is 1. The fraction of sp³-hybridized carbons (Fsp3) is 0.133. The van der Waals surface area contributed by atoms with Gasteiger partial charge in [-0.2, -0.15) is 5.26 Å². The Morgan fingerprint density at radius 2 is 1.78 bits per heavy atom. The minimum Gasteiger partial charge on any atom is -0.399 e. The summed E-state index contributed by atoms with van der Waals surface area (Å²) in [5.41, 5.74) is 9.25. The van der Waals surface area contributed by atoms with Gasteiger partial charge in [-0.3, -0.25) is 0 Å². The van der Waals surface area contributed by atoms with Crippen LogP contribution in [0.25, 0.3) is 0 Å². The molecule has 2 rings (SSSR count). The Kier molecular flexibility index (Phi) is 3.49. The van der Waals surface area contributed by atoms with Gasteiger partial charge in [0.15, 0.2) is 0 Å². The second-order valence-corrected chi connectivity index (χ2v) is 4.22. The predicted molar refractivity (Wildman–Crippen MR) is 74.1 cm³/mol. The van der Waals surface area contributed by atoms with Gasteiger partial charge in [-0.25, -0.2) is 0 Å². The molecule has 0 aromatic heterocycles. The summed E-state index contributed by atoms with van der Waals surface area (Å²) < 4.78 is 0. The molecule has 0 saturated carbocycles. The van der Waals surface area contributed by atoms with E-state index in [0.29, 0.717) is 6.54 Å². The van der Waals surface area contributed by atoms with Crippen LogP contribution in [0.2, 0.25) is 0 Å². The number of nitrogen functional groups attached to an aromatic ring is 1. The standard InChI is InChI=1S/C15H15N3/c1-18(15-8-6-14(17)7-9-15)11-13-5-3-2-4-12(13)10-16/h2-9H,11,17H2,1H3. The van der Waals surface area contributed by atoms with E-state index in [1.54, 1.807) is 0 Å². The highest BCUT2D eigenvalue weighted by atomic mass is 15.1. The molecule has 0 radical (unpaired) electrons. The topological polar surface area (TPSA) is 53.0 Å². The molecule has 2 aromatic rings. The number of benzene rings is 2. The Bertz CT molecular complexity index is 567. The maximum atomic E-state index is 9.05.